The van der Waals surface area contributed by atoms with Gasteiger partial charge in [0.2, 0.25) is 0 Å². The number of esters is 3. The molecule has 4 aliphatic carbocycles. The molecule has 6 nitrogen and oxygen atoms in total. The monoisotopic (exact) mass is 486 g/mol. The summed E-state index contributed by atoms with van der Waals surface area (Å²) in [5, 5.41) is 0. The molecule has 0 amide bonds. The van der Waals surface area contributed by atoms with Crippen LogP contribution in [0.25, 0.3) is 0 Å². The van der Waals surface area contributed by atoms with E-state index in [1.807, 2.05) is 0 Å². The van der Waals surface area contributed by atoms with Gasteiger partial charge in [0.25, 0.3) is 0 Å². The van der Waals surface area contributed by atoms with E-state index in [9.17, 15) is 14.4 Å². The number of rotatable bonds is 6. The molecule has 0 heterocycles. The fourth-order valence-corrected chi connectivity index (χ4v) is 8.31. The van der Waals surface area contributed by atoms with Gasteiger partial charge >= 0.3 is 17.9 Å². The third-order valence-electron chi connectivity index (χ3n) is 9.95. The minimum Gasteiger partial charge on any atom is -0.469 e. The summed E-state index contributed by atoms with van der Waals surface area (Å²) in [7, 11) is 1.45. The van der Waals surface area contributed by atoms with Gasteiger partial charge < -0.3 is 14.2 Å². The molecule has 35 heavy (non-hydrogen) atoms. The highest BCUT2D eigenvalue weighted by atomic mass is 16.6. The van der Waals surface area contributed by atoms with Crippen molar-refractivity contribution in [2.75, 3.05) is 7.11 Å². The summed E-state index contributed by atoms with van der Waals surface area (Å²) < 4.78 is 16.4. The SMILES string of the molecule is COC(=O)CC[C@@H](C)C1=CC[C@H]2[C@@H]3CC=C4C[C@@H](OC(C)=O)C[C@H](OC(C)=O)[C@]4(C)[C@H]3CC[C@]12C. The molecule has 0 aromatic carbocycles. The first-order valence-electron chi connectivity index (χ1n) is 13.3. The molecule has 0 unspecified atom stereocenters. The van der Waals surface area contributed by atoms with Crippen molar-refractivity contribution < 1.29 is 28.6 Å². The first-order chi connectivity index (χ1) is 16.5. The van der Waals surface area contributed by atoms with Crippen molar-refractivity contribution in [1.82, 2.24) is 0 Å². The number of methoxy groups -OCH3 is 1. The second-order valence-electron chi connectivity index (χ2n) is 11.8. The van der Waals surface area contributed by atoms with Gasteiger partial charge in [-0.05, 0) is 61.2 Å². The molecule has 0 bridgehead atoms. The molecule has 0 aromatic rings. The Morgan fingerprint density at radius 3 is 2.43 bits per heavy atom. The van der Waals surface area contributed by atoms with Gasteiger partial charge in [0.05, 0.1) is 7.11 Å². The topological polar surface area (TPSA) is 78.9 Å². The van der Waals surface area contributed by atoms with Gasteiger partial charge in [-0.25, -0.2) is 0 Å². The van der Waals surface area contributed by atoms with Gasteiger partial charge in [0.1, 0.15) is 12.2 Å². The quantitative estimate of drug-likeness (QED) is 0.278. The zero-order valence-electron chi connectivity index (χ0n) is 22.2. The Bertz CT molecular complexity index is 933. The molecular formula is C29H42O6. The molecule has 194 valence electrons. The third kappa shape index (κ3) is 4.58. The third-order valence-corrected chi connectivity index (χ3v) is 9.95. The van der Waals surface area contributed by atoms with Crippen molar-refractivity contribution in [2.45, 2.75) is 98.2 Å². The molecule has 0 spiro atoms. The van der Waals surface area contributed by atoms with E-state index in [0.717, 1.165) is 38.5 Å². The average Bonchev–Trinajstić information content (AvgIpc) is 3.14. The maximum absolute atomic E-state index is 12.1. The number of allylic oxidation sites excluding steroid dienone is 3. The lowest BCUT2D eigenvalue weighted by Gasteiger charge is -2.59. The van der Waals surface area contributed by atoms with Gasteiger partial charge in [-0.15, -0.1) is 0 Å². The summed E-state index contributed by atoms with van der Waals surface area (Å²) in [6, 6.07) is 0. The van der Waals surface area contributed by atoms with E-state index in [2.05, 4.69) is 32.9 Å². The van der Waals surface area contributed by atoms with Gasteiger partial charge in [0.15, 0.2) is 0 Å². The lowest BCUT2D eigenvalue weighted by molar-refractivity contribution is -0.171. The minimum absolute atomic E-state index is 0.139. The lowest BCUT2D eigenvalue weighted by Crippen LogP contribution is -2.56. The van der Waals surface area contributed by atoms with Crippen molar-refractivity contribution in [3.8, 4) is 0 Å². The van der Waals surface area contributed by atoms with Crippen molar-refractivity contribution >= 4 is 17.9 Å². The molecule has 8 atom stereocenters. The largest absolute Gasteiger partial charge is 0.469 e. The lowest BCUT2D eigenvalue weighted by atomic mass is 9.46. The van der Waals surface area contributed by atoms with E-state index < -0.39 is 0 Å². The molecule has 0 radical (unpaired) electrons. The fraction of sp³-hybridized carbons (Fsp3) is 0.759. The van der Waals surface area contributed by atoms with E-state index >= 15 is 0 Å². The van der Waals surface area contributed by atoms with Crippen LogP contribution in [-0.4, -0.2) is 37.2 Å². The van der Waals surface area contributed by atoms with Crippen LogP contribution >= 0.6 is 0 Å². The van der Waals surface area contributed by atoms with Gasteiger partial charge in [-0.3, -0.25) is 14.4 Å². The fourth-order valence-electron chi connectivity index (χ4n) is 8.31. The molecule has 2 fully saturated rings. The number of ether oxygens (including phenoxy) is 3. The van der Waals surface area contributed by atoms with Crippen LogP contribution in [0, 0.1) is 34.5 Å². The summed E-state index contributed by atoms with van der Waals surface area (Å²) in [6.45, 7) is 9.89. The van der Waals surface area contributed by atoms with Crippen molar-refractivity contribution in [3.05, 3.63) is 23.3 Å². The zero-order chi connectivity index (χ0) is 25.5. The molecule has 4 aliphatic rings. The predicted molar refractivity (Wildman–Crippen MR) is 132 cm³/mol. The van der Waals surface area contributed by atoms with E-state index in [1.165, 1.54) is 32.1 Å². The highest BCUT2D eigenvalue weighted by Crippen LogP contribution is 2.66. The first-order valence-corrected chi connectivity index (χ1v) is 13.3. The maximum Gasteiger partial charge on any atom is 0.305 e. The smallest absolute Gasteiger partial charge is 0.305 e. The summed E-state index contributed by atoms with van der Waals surface area (Å²) >= 11 is 0. The Labute approximate surface area is 209 Å². The Kier molecular flexibility index (Phi) is 7.23. The Morgan fingerprint density at radius 1 is 1.06 bits per heavy atom. The number of carbonyl (C=O) groups excluding carboxylic acids is 3. The zero-order valence-corrected chi connectivity index (χ0v) is 22.2. The van der Waals surface area contributed by atoms with Crippen molar-refractivity contribution in [1.29, 1.82) is 0 Å². The van der Waals surface area contributed by atoms with Crippen LogP contribution in [0.15, 0.2) is 23.3 Å². The highest BCUT2D eigenvalue weighted by molar-refractivity contribution is 5.69. The van der Waals surface area contributed by atoms with Crippen LogP contribution in [-0.2, 0) is 28.6 Å². The van der Waals surface area contributed by atoms with E-state index in [0.29, 0.717) is 36.5 Å². The maximum atomic E-state index is 12.1. The van der Waals surface area contributed by atoms with Crippen LogP contribution in [0.1, 0.15) is 86.0 Å². The minimum atomic E-state index is -0.284. The average molecular weight is 487 g/mol. The second kappa shape index (κ2) is 9.74. The van der Waals surface area contributed by atoms with E-state index in [4.69, 9.17) is 14.2 Å². The normalized spacial score (nSPS) is 38.6. The molecular weight excluding hydrogens is 444 g/mol. The molecule has 0 N–H and O–H groups in total. The number of hydrogen-bond donors (Lipinski definition) is 0. The number of hydrogen-bond acceptors (Lipinski definition) is 6. The molecule has 0 saturated heterocycles. The highest BCUT2D eigenvalue weighted by Gasteiger charge is 2.60. The molecule has 6 heteroatoms. The second-order valence-corrected chi connectivity index (χ2v) is 11.8. The van der Waals surface area contributed by atoms with Crippen LogP contribution in [0.5, 0.6) is 0 Å². The van der Waals surface area contributed by atoms with Crippen LogP contribution in [0.4, 0.5) is 0 Å². The van der Waals surface area contributed by atoms with Gasteiger partial charge in [0, 0.05) is 38.5 Å². The van der Waals surface area contributed by atoms with E-state index in [-0.39, 0.29) is 40.9 Å². The van der Waals surface area contributed by atoms with Crippen molar-refractivity contribution in [3.63, 3.8) is 0 Å². The summed E-state index contributed by atoms with van der Waals surface area (Å²) in [5.41, 5.74) is 2.72. The Balaban J connectivity index is 1.58. The van der Waals surface area contributed by atoms with Crippen LogP contribution < -0.4 is 0 Å². The number of fused-ring (bicyclic) bond motifs is 5. The summed E-state index contributed by atoms with van der Waals surface area (Å²) in [6.07, 6.45) is 11.2. The molecule has 0 aliphatic heterocycles. The van der Waals surface area contributed by atoms with Gasteiger partial charge in [-0.2, -0.15) is 0 Å². The molecule has 0 aromatic heterocycles. The summed E-state index contributed by atoms with van der Waals surface area (Å²) in [4.78, 5) is 35.5. The van der Waals surface area contributed by atoms with E-state index in [1.54, 1.807) is 0 Å². The Hall–Kier alpha value is -2.11. The Morgan fingerprint density at radius 2 is 1.77 bits per heavy atom. The number of carbonyl (C=O) groups is 3. The molecule has 2 saturated carbocycles. The predicted octanol–water partition coefficient (Wildman–Crippen LogP) is 5.55. The standard InChI is InChI=1S/C29H42O6/c1-17(7-12-27(32)33-6)23-10-11-24-22-9-8-20-15-21(34-18(2)30)16-26(35-19(3)31)29(20,5)25(22)13-14-28(23,24)4/h8,10,17,21-22,24-26H,7,9,11-16H2,1-6H3/t17-,21-,22+,24+,25+,26+,28-,29+/m1/s1. The summed E-state index contributed by atoms with van der Waals surface area (Å²) in [5.74, 6) is 1.17. The van der Waals surface area contributed by atoms with Gasteiger partial charge in [-0.1, -0.05) is 44.1 Å². The molecule has 4 rings (SSSR count). The van der Waals surface area contributed by atoms with Crippen LogP contribution in [0.2, 0.25) is 0 Å². The first kappa shape index (κ1) is 26.0. The van der Waals surface area contributed by atoms with Crippen LogP contribution in [0.3, 0.4) is 0 Å². The van der Waals surface area contributed by atoms with Crippen molar-refractivity contribution in [2.24, 2.45) is 34.5 Å².